The fraction of sp³-hybridized carbons (Fsp3) is 0.400. The topological polar surface area (TPSA) is 34.1 Å². The molecule has 1 aliphatic carbocycles. The number of nitrogens with one attached hydrogen (secondary N) is 1. The third-order valence-electron chi connectivity index (χ3n) is 3.19. The van der Waals surface area contributed by atoms with E-state index in [0.29, 0.717) is 6.61 Å². The quantitative estimate of drug-likeness (QED) is 0.877. The number of aromatic nitrogens is 1. The second kappa shape index (κ2) is 5.72. The monoisotopic (exact) mass is 274 g/mol. The number of thiazole rings is 1. The Morgan fingerprint density at radius 3 is 3.00 bits per heavy atom. The van der Waals surface area contributed by atoms with E-state index in [1.165, 1.54) is 12.8 Å². The molecule has 0 aliphatic heterocycles. The molecule has 1 N–H and O–H groups in total. The number of aryl methyl sites for hydroxylation is 1. The zero-order valence-electron chi connectivity index (χ0n) is 11.1. The molecular formula is C15H18N2OS. The van der Waals surface area contributed by atoms with Gasteiger partial charge in [-0.2, -0.15) is 0 Å². The first-order valence-electron chi connectivity index (χ1n) is 6.66. The Labute approximate surface area is 117 Å². The van der Waals surface area contributed by atoms with Crippen LogP contribution in [0.3, 0.4) is 0 Å². The predicted molar refractivity (Wildman–Crippen MR) is 77.5 cm³/mol. The highest BCUT2D eigenvalue weighted by Gasteiger charge is 2.20. The van der Waals surface area contributed by atoms with Crippen LogP contribution in [-0.4, -0.2) is 11.0 Å². The van der Waals surface area contributed by atoms with E-state index in [-0.39, 0.29) is 0 Å². The minimum absolute atomic E-state index is 0.555. The number of hydrogen-bond acceptors (Lipinski definition) is 4. The van der Waals surface area contributed by atoms with Crippen LogP contribution in [0.1, 0.15) is 29.1 Å². The molecule has 1 heterocycles. The van der Waals surface area contributed by atoms with Crippen LogP contribution in [0, 0.1) is 6.92 Å². The maximum Gasteiger partial charge on any atom is 0.140 e. The van der Waals surface area contributed by atoms with Gasteiger partial charge >= 0.3 is 0 Å². The Morgan fingerprint density at radius 1 is 1.37 bits per heavy atom. The molecule has 0 saturated heterocycles. The van der Waals surface area contributed by atoms with Crippen LogP contribution in [0.4, 0.5) is 0 Å². The van der Waals surface area contributed by atoms with Crippen LogP contribution < -0.4 is 10.1 Å². The molecule has 0 unspecified atom stereocenters. The SMILES string of the molecule is Cc1ccccc1OCc1nc(CNC2CC2)cs1. The Morgan fingerprint density at radius 2 is 2.21 bits per heavy atom. The van der Waals surface area contributed by atoms with Crippen LogP contribution in [0.5, 0.6) is 5.75 Å². The highest BCUT2D eigenvalue weighted by Crippen LogP contribution is 2.21. The summed E-state index contributed by atoms with van der Waals surface area (Å²) in [6.07, 6.45) is 2.63. The first kappa shape index (κ1) is 12.6. The number of ether oxygens (including phenoxy) is 1. The molecule has 100 valence electrons. The van der Waals surface area contributed by atoms with Crippen molar-refractivity contribution in [1.29, 1.82) is 0 Å². The lowest BCUT2D eigenvalue weighted by Gasteiger charge is -2.06. The van der Waals surface area contributed by atoms with Crippen LogP contribution in [0.15, 0.2) is 29.6 Å². The summed E-state index contributed by atoms with van der Waals surface area (Å²) in [4.78, 5) is 4.59. The number of para-hydroxylation sites is 1. The van der Waals surface area contributed by atoms with Gasteiger partial charge in [0.25, 0.3) is 0 Å². The fourth-order valence-corrected chi connectivity index (χ4v) is 2.60. The average Bonchev–Trinajstić information content (AvgIpc) is 3.14. The standard InChI is InChI=1S/C15H18N2OS/c1-11-4-2-3-5-14(11)18-9-15-17-13(10-19-15)8-16-12-6-7-12/h2-5,10,12,16H,6-9H2,1H3. The summed E-state index contributed by atoms with van der Waals surface area (Å²) < 4.78 is 5.80. The Kier molecular flexibility index (Phi) is 3.80. The smallest absolute Gasteiger partial charge is 0.140 e. The maximum absolute atomic E-state index is 5.80. The van der Waals surface area contributed by atoms with Gasteiger partial charge in [-0.25, -0.2) is 4.98 Å². The van der Waals surface area contributed by atoms with Crippen molar-refractivity contribution in [2.24, 2.45) is 0 Å². The molecule has 0 atom stereocenters. The lowest BCUT2D eigenvalue weighted by Crippen LogP contribution is -2.15. The van der Waals surface area contributed by atoms with Crippen LogP contribution in [0.2, 0.25) is 0 Å². The third kappa shape index (κ3) is 3.55. The summed E-state index contributed by atoms with van der Waals surface area (Å²) >= 11 is 1.67. The normalized spacial score (nSPS) is 14.6. The lowest BCUT2D eigenvalue weighted by molar-refractivity contribution is 0.303. The number of benzene rings is 1. The minimum atomic E-state index is 0.555. The van der Waals surface area contributed by atoms with E-state index >= 15 is 0 Å². The molecule has 0 bridgehead atoms. The van der Waals surface area contributed by atoms with E-state index in [0.717, 1.165) is 34.6 Å². The van der Waals surface area contributed by atoms with Crippen molar-refractivity contribution in [3.8, 4) is 5.75 Å². The molecule has 1 fully saturated rings. The molecule has 0 radical (unpaired) electrons. The Hall–Kier alpha value is -1.39. The van der Waals surface area contributed by atoms with E-state index < -0.39 is 0 Å². The Balaban J connectivity index is 1.53. The van der Waals surface area contributed by atoms with Gasteiger partial charge in [0.2, 0.25) is 0 Å². The molecule has 1 aromatic heterocycles. The van der Waals surface area contributed by atoms with Gasteiger partial charge in [0.15, 0.2) is 0 Å². The van der Waals surface area contributed by atoms with Crippen molar-refractivity contribution in [3.63, 3.8) is 0 Å². The van der Waals surface area contributed by atoms with E-state index in [1.54, 1.807) is 11.3 Å². The first-order valence-corrected chi connectivity index (χ1v) is 7.54. The van der Waals surface area contributed by atoms with Crippen LogP contribution in [-0.2, 0) is 13.2 Å². The summed E-state index contributed by atoms with van der Waals surface area (Å²) in [6.45, 7) is 3.49. The molecule has 0 spiro atoms. The Bertz CT molecular complexity index is 549. The van der Waals surface area contributed by atoms with Gasteiger partial charge in [-0.3, -0.25) is 0 Å². The van der Waals surface area contributed by atoms with Gasteiger partial charge in [0, 0.05) is 18.0 Å². The lowest BCUT2D eigenvalue weighted by atomic mass is 10.2. The molecular weight excluding hydrogens is 256 g/mol. The van der Waals surface area contributed by atoms with Crippen LogP contribution in [0.25, 0.3) is 0 Å². The van der Waals surface area contributed by atoms with Crippen molar-refractivity contribution >= 4 is 11.3 Å². The van der Waals surface area contributed by atoms with Gasteiger partial charge < -0.3 is 10.1 Å². The molecule has 19 heavy (non-hydrogen) atoms. The second-order valence-electron chi connectivity index (χ2n) is 4.94. The van der Waals surface area contributed by atoms with E-state index in [9.17, 15) is 0 Å². The van der Waals surface area contributed by atoms with Gasteiger partial charge in [0.1, 0.15) is 17.4 Å². The maximum atomic E-state index is 5.80. The van der Waals surface area contributed by atoms with Gasteiger partial charge in [-0.05, 0) is 31.4 Å². The van der Waals surface area contributed by atoms with E-state index in [4.69, 9.17) is 4.74 Å². The van der Waals surface area contributed by atoms with Crippen molar-refractivity contribution in [2.75, 3.05) is 0 Å². The van der Waals surface area contributed by atoms with E-state index in [1.807, 2.05) is 18.2 Å². The van der Waals surface area contributed by atoms with Crippen molar-refractivity contribution in [1.82, 2.24) is 10.3 Å². The molecule has 1 aromatic carbocycles. The molecule has 3 nitrogen and oxygen atoms in total. The zero-order chi connectivity index (χ0) is 13.1. The summed E-state index contributed by atoms with van der Waals surface area (Å²) in [5.41, 5.74) is 2.29. The highest BCUT2D eigenvalue weighted by atomic mass is 32.1. The first-order chi connectivity index (χ1) is 9.31. The van der Waals surface area contributed by atoms with Crippen molar-refractivity contribution < 1.29 is 4.74 Å². The molecule has 4 heteroatoms. The summed E-state index contributed by atoms with van der Waals surface area (Å²) in [7, 11) is 0. The summed E-state index contributed by atoms with van der Waals surface area (Å²) in [5, 5.41) is 6.63. The van der Waals surface area contributed by atoms with E-state index in [2.05, 4.69) is 28.7 Å². The summed E-state index contributed by atoms with van der Waals surface area (Å²) in [5.74, 6) is 0.940. The zero-order valence-corrected chi connectivity index (χ0v) is 11.9. The fourth-order valence-electron chi connectivity index (χ4n) is 1.89. The van der Waals surface area contributed by atoms with Gasteiger partial charge in [-0.1, -0.05) is 18.2 Å². The van der Waals surface area contributed by atoms with Crippen molar-refractivity contribution in [2.45, 2.75) is 39.0 Å². The average molecular weight is 274 g/mol. The highest BCUT2D eigenvalue weighted by molar-refractivity contribution is 7.09. The number of nitrogens with zero attached hydrogens (tertiary/aromatic N) is 1. The molecule has 1 aliphatic rings. The predicted octanol–water partition coefficient (Wildman–Crippen LogP) is 3.28. The summed E-state index contributed by atoms with van der Waals surface area (Å²) in [6, 6.07) is 8.80. The largest absolute Gasteiger partial charge is 0.486 e. The number of hydrogen-bond donors (Lipinski definition) is 1. The van der Waals surface area contributed by atoms with Crippen molar-refractivity contribution in [3.05, 3.63) is 45.9 Å². The molecule has 1 saturated carbocycles. The second-order valence-corrected chi connectivity index (χ2v) is 5.88. The van der Waals surface area contributed by atoms with Gasteiger partial charge in [0.05, 0.1) is 5.69 Å². The van der Waals surface area contributed by atoms with Gasteiger partial charge in [-0.15, -0.1) is 11.3 Å². The molecule has 3 rings (SSSR count). The minimum Gasteiger partial charge on any atom is -0.486 e. The van der Waals surface area contributed by atoms with Crippen LogP contribution >= 0.6 is 11.3 Å². The molecule has 2 aromatic rings. The number of rotatable bonds is 6. The molecule has 0 amide bonds. The third-order valence-corrected chi connectivity index (χ3v) is 4.06.